The summed E-state index contributed by atoms with van der Waals surface area (Å²) in [6, 6.07) is 1.81. The van der Waals surface area contributed by atoms with E-state index in [0.717, 1.165) is 37.3 Å². The number of hydrogen-bond donors (Lipinski definition) is 3. The SMILES string of the molecule is Cc1cnn(C2CCNCC2)c1Nc1cnccc1C(=O)O. The monoisotopic (exact) mass is 301 g/mol. The molecule has 2 aromatic rings. The lowest BCUT2D eigenvalue weighted by Crippen LogP contribution is -2.30. The van der Waals surface area contributed by atoms with E-state index in [9.17, 15) is 9.90 Å². The van der Waals surface area contributed by atoms with Gasteiger partial charge in [-0.3, -0.25) is 4.98 Å². The number of nitrogens with one attached hydrogen (secondary N) is 2. The molecule has 7 nitrogen and oxygen atoms in total. The fourth-order valence-corrected chi connectivity index (χ4v) is 2.74. The fraction of sp³-hybridized carbons (Fsp3) is 0.400. The van der Waals surface area contributed by atoms with Gasteiger partial charge in [0.2, 0.25) is 0 Å². The number of carbonyl (C=O) groups is 1. The Morgan fingerprint density at radius 2 is 2.18 bits per heavy atom. The van der Waals surface area contributed by atoms with Crippen LogP contribution in [0.2, 0.25) is 0 Å². The molecule has 1 saturated heterocycles. The summed E-state index contributed by atoms with van der Waals surface area (Å²) in [5.41, 5.74) is 1.67. The Balaban J connectivity index is 1.92. The highest BCUT2D eigenvalue weighted by Crippen LogP contribution is 2.28. The van der Waals surface area contributed by atoms with Crippen LogP contribution < -0.4 is 10.6 Å². The molecule has 0 unspecified atom stereocenters. The molecule has 7 heteroatoms. The lowest BCUT2D eigenvalue weighted by molar-refractivity contribution is 0.0698. The van der Waals surface area contributed by atoms with Gasteiger partial charge in [-0.2, -0.15) is 5.10 Å². The fourth-order valence-electron chi connectivity index (χ4n) is 2.74. The van der Waals surface area contributed by atoms with Crippen molar-refractivity contribution in [2.24, 2.45) is 0 Å². The second-order valence-electron chi connectivity index (χ2n) is 5.45. The molecule has 3 rings (SSSR count). The zero-order valence-corrected chi connectivity index (χ0v) is 12.4. The number of rotatable bonds is 4. The molecule has 22 heavy (non-hydrogen) atoms. The number of carboxylic acids is 1. The van der Waals surface area contributed by atoms with Crippen LogP contribution in [0.1, 0.15) is 34.8 Å². The zero-order valence-electron chi connectivity index (χ0n) is 12.4. The van der Waals surface area contributed by atoms with Crippen molar-refractivity contribution >= 4 is 17.5 Å². The standard InChI is InChI=1S/C15H19N5O2/c1-10-8-18-20(11-2-5-16-6-3-11)14(10)19-13-9-17-7-4-12(13)15(21)22/h4,7-9,11,16,19H,2-3,5-6H2,1H3,(H,21,22). The van der Waals surface area contributed by atoms with Crippen LogP contribution in [0, 0.1) is 6.92 Å². The number of aryl methyl sites for hydroxylation is 1. The summed E-state index contributed by atoms with van der Waals surface area (Å²) < 4.78 is 1.97. The maximum absolute atomic E-state index is 11.3. The molecule has 2 aromatic heterocycles. The summed E-state index contributed by atoms with van der Waals surface area (Å²) in [7, 11) is 0. The van der Waals surface area contributed by atoms with Gasteiger partial charge in [-0.15, -0.1) is 0 Å². The molecule has 3 N–H and O–H groups in total. The zero-order chi connectivity index (χ0) is 15.5. The van der Waals surface area contributed by atoms with Crippen molar-refractivity contribution in [1.82, 2.24) is 20.1 Å². The molecule has 0 saturated carbocycles. The van der Waals surface area contributed by atoms with E-state index < -0.39 is 5.97 Å². The second-order valence-corrected chi connectivity index (χ2v) is 5.45. The quantitative estimate of drug-likeness (QED) is 0.799. The van der Waals surface area contributed by atoms with Crippen molar-refractivity contribution in [2.45, 2.75) is 25.8 Å². The van der Waals surface area contributed by atoms with Gasteiger partial charge in [0.1, 0.15) is 5.82 Å². The van der Waals surface area contributed by atoms with Gasteiger partial charge in [0.25, 0.3) is 0 Å². The van der Waals surface area contributed by atoms with Crippen LogP contribution in [0.25, 0.3) is 0 Å². The summed E-state index contributed by atoms with van der Waals surface area (Å²) in [4.78, 5) is 15.3. The van der Waals surface area contributed by atoms with Gasteiger partial charge in [-0.25, -0.2) is 9.48 Å². The second kappa shape index (κ2) is 6.15. The highest BCUT2D eigenvalue weighted by atomic mass is 16.4. The number of anilines is 2. The molecular weight excluding hydrogens is 282 g/mol. The molecule has 0 amide bonds. The minimum absolute atomic E-state index is 0.201. The normalized spacial score (nSPS) is 15.7. The van der Waals surface area contributed by atoms with Gasteiger partial charge in [-0.1, -0.05) is 0 Å². The number of pyridine rings is 1. The highest BCUT2D eigenvalue weighted by Gasteiger charge is 2.21. The first kappa shape index (κ1) is 14.5. The third kappa shape index (κ3) is 2.80. The first-order valence-electron chi connectivity index (χ1n) is 7.36. The minimum Gasteiger partial charge on any atom is -0.478 e. The van der Waals surface area contributed by atoms with Gasteiger partial charge < -0.3 is 15.7 Å². The molecule has 1 fully saturated rings. The van der Waals surface area contributed by atoms with E-state index >= 15 is 0 Å². The van der Waals surface area contributed by atoms with Crippen LogP contribution in [0.3, 0.4) is 0 Å². The van der Waals surface area contributed by atoms with Crippen LogP contribution in [0.15, 0.2) is 24.7 Å². The Hall–Kier alpha value is -2.41. The van der Waals surface area contributed by atoms with E-state index in [2.05, 4.69) is 20.7 Å². The summed E-state index contributed by atoms with van der Waals surface area (Å²) in [5, 5.41) is 20.3. The molecule has 0 aromatic carbocycles. The van der Waals surface area contributed by atoms with E-state index in [4.69, 9.17) is 0 Å². The largest absolute Gasteiger partial charge is 0.478 e. The number of piperidine rings is 1. The van der Waals surface area contributed by atoms with Gasteiger partial charge in [0, 0.05) is 11.8 Å². The molecular formula is C15H19N5O2. The van der Waals surface area contributed by atoms with Gasteiger partial charge in [0.05, 0.1) is 29.7 Å². The Labute approximate surface area is 128 Å². The number of aromatic nitrogens is 3. The third-order valence-electron chi connectivity index (χ3n) is 3.94. The van der Waals surface area contributed by atoms with Crippen molar-refractivity contribution in [1.29, 1.82) is 0 Å². The average Bonchev–Trinajstić information content (AvgIpc) is 2.90. The highest BCUT2D eigenvalue weighted by molar-refractivity contribution is 5.94. The van der Waals surface area contributed by atoms with E-state index in [1.54, 1.807) is 6.20 Å². The average molecular weight is 301 g/mol. The predicted octanol–water partition coefficient (Wildman–Crippen LogP) is 1.95. The van der Waals surface area contributed by atoms with Crippen molar-refractivity contribution < 1.29 is 9.90 Å². The Kier molecular flexibility index (Phi) is 4.06. The molecule has 116 valence electrons. The van der Waals surface area contributed by atoms with Crippen LogP contribution in [0.4, 0.5) is 11.5 Å². The number of aromatic carboxylic acids is 1. The predicted molar refractivity (Wildman–Crippen MR) is 82.6 cm³/mol. The van der Waals surface area contributed by atoms with Crippen LogP contribution in [-0.2, 0) is 0 Å². The number of hydrogen-bond acceptors (Lipinski definition) is 5. The van der Waals surface area contributed by atoms with E-state index in [1.165, 1.54) is 18.5 Å². The lowest BCUT2D eigenvalue weighted by atomic mass is 10.1. The molecule has 1 aliphatic heterocycles. The van der Waals surface area contributed by atoms with Gasteiger partial charge in [-0.05, 0) is 38.9 Å². The van der Waals surface area contributed by atoms with Crippen molar-refractivity contribution in [3.05, 3.63) is 35.8 Å². The van der Waals surface area contributed by atoms with Gasteiger partial charge >= 0.3 is 5.97 Å². The third-order valence-corrected chi connectivity index (χ3v) is 3.94. The molecule has 1 aliphatic rings. The maximum Gasteiger partial charge on any atom is 0.337 e. The Morgan fingerprint density at radius 3 is 2.91 bits per heavy atom. The van der Waals surface area contributed by atoms with E-state index in [-0.39, 0.29) is 5.56 Å². The Bertz CT molecular complexity index is 676. The van der Waals surface area contributed by atoms with Crippen LogP contribution in [0.5, 0.6) is 0 Å². The number of nitrogens with zero attached hydrogens (tertiary/aromatic N) is 3. The molecule has 0 aliphatic carbocycles. The lowest BCUT2D eigenvalue weighted by Gasteiger charge is -2.25. The summed E-state index contributed by atoms with van der Waals surface area (Å²) in [6.45, 7) is 3.90. The first-order chi connectivity index (χ1) is 10.7. The van der Waals surface area contributed by atoms with E-state index in [1.807, 2.05) is 11.6 Å². The molecule has 3 heterocycles. The summed E-state index contributed by atoms with van der Waals surface area (Å²) in [5.74, 6) is -0.141. The smallest absolute Gasteiger partial charge is 0.337 e. The van der Waals surface area contributed by atoms with Crippen LogP contribution >= 0.6 is 0 Å². The Morgan fingerprint density at radius 1 is 1.41 bits per heavy atom. The first-order valence-corrected chi connectivity index (χ1v) is 7.36. The topological polar surface area (TPSA) is 92.1 Å². The molecule has 0 atom stereocenters. The van der Waals surface area contributed by atoms with Gasteiger partial charge in [0.15, 0.2) is 0 Å². The molecule has 0 radical (unpaired) electrons. The maximum atomic E-state index is 11.3. The van der Waals surface area contributed by atoms with Crippen molar-refractivity contribution in [3.63, 3.8) is 0 Å². The van der Waals surface area contributed by atoms with Crippen LogP contribution in [-0.4, -0.2) is 38.9 Å². The summed E-state index contributed by atoms with van der Waals surface area (Å²) in [6.07, 6.45) is 6.83. The summed E-state index contributed by atoms with van der Waals surface area (Å²) >= 11 is 0. The molecule has 0 spiro atoms. The van der Waals surface area contributed by atoms with Crippen molar-refractivity contribution in [2.75, 3.05) is 18.4 Å². The number of carboxylic acid groups (broad SMARTS) is 1. The molecule has 0 bridgehead atoms. The minimum atomic E-state index is -0.976. The van der Waals surface area contributed by atoms with E-state index in [0.29, 0.717) is 11.7 Å². The van der Waals surface area contributed by atoms with Crippen molar-refractivity contribution in [3.8, 4) is 0 Å².